The number of nitrogens with one attached hydrogen (secondary N) is 2. The van der Waals surface area contributed by atoms with Crippen LogP contribution in [0.25, 0.3) is 0 Å². The number of ether oxygens (including phenoxy) is 1. The Hall–Kier alpha value is -1.97. The molecule has 0 aromatic heterocycles. The molecule has 0 bridgehead atoms. The van der Waals surface area contributed by atoms with Crippen molar-refractivity contribution in [3.05, 3.63) is 41.1 Å². The minimum Gasteiger partial charge on any atom is -0.483 e. The maximum atomic E-state index is 11.8. The molecule has 0 fully saturated rings. The fourth-order valence-corrected chi connectivity index (χ4v) is 2.36. The lowest BCUT2D eigenvalue weighted by atomic mass is 10.0. The van der Waals surface area contributed by atoms with E-state index in [0.29, 0.717) is 5.92 Å². The van der Waals surface area contributed by atoms with Gasteiger partial charge in [0.05, 0.1) is 0 Å². The third-order valence-electron chi connectivity index (χ3n) is 3.55. The number of benzene rings is 1. The lowest BCUT2D eigenvalue weighted by Crippen LogP contribution is -2.39. The van der Waals surface area contributed by atoms with Gasteiger partial charge >= 0.3 is 0 Å². The van der Waals surface area contributed by atoms with Crippen LogP contribution in [0, 0.1) is 6.92 Å². The highest BCUT2D eigenvalue weighted by Gasteiger charge is 2.11. The Kier molecular flexibility index (Phi) is 5.26. The quantitative estimate of drug-likeness (QED) is 0.790. The van der Waals surface area contributed by atoms with Gasteiger partial charge in [-0.1, -0.05) is 32.1 Å². The zero-order valence-electron chi connectivity index (χ0n) is 13.0. The molecule has 4 heteroatoms. The van der Waals surface area contributed by atoms with Gasteiger partial charge in [-0.3, -0.25) is 10.2 Å². The Morgan fingerprint density at radius 3 is 2.86 bits per heavy atom. The summed E-state index contributed by atoms with van der Waals surface area (Å²) in [6.07, 6.45) is 5.33. The second kappa shape index (κ2) is 7.16. The molecule has 0 spiro atoms. The van der Waals surface area contributed by atoms with Crippen LogP contribution in [0.15, 0.2) is 30.0 Å². The zero-order valence-corrected chi connectivity index (χ0v) is 13.0. The zero-order chi connectivity index (χ0) is 15.2. The molecule has 0 saturated heterocycles. The van der Waals surface area contributed by atoms with Crippen LogP contribution >= 0.6 is 0 Å². The van der Waals surface area contributed by atoms with E-state index < -0.39 is 0 Å². The summed E-state index contributed by atoms with van der Waals surface area (Å²) in [4.78, 5) is 11.8. The standard InChI is InChI=1S/C17H24N2O2/c1-12(2)15-9-8-13(3)10-16(15)21-11-17(20)19-18-14-6-4-5-7-14/h6,8-10,12,18H,4-5,7,11H2,1-3H3,(H,19,20). The molecular formula is C17H24N2O2. The van der Waals surface area contributed by atoms with Gasteiger partial charge in [0.2, 0.25) is 0 Å². The second-order valence-electron chi connectivity index (χ2n) is 5.78. The van der Waals surface area contributed by atoms with E-state index >= 15 is 0 Å². The average Bonchev–Trinajstić information content (AvgIpc) is 2.96. The van der Waals surface area contributed by atoms with Gasteiger partial charge in [-0.05, 0) is 49.3 Å². The van der Waals surface area contributed by atoms with E-state index in [1.54, 1.807) is 0 Å². The maximum Gasteiger partial charge on any atom is 0.276 e. The highest BCUT2D eigenvalue weighted by Crippen LogP contribution is 2.27. The van der Waals surface area contributed by atoms with Gasteiger partial charge in [-0.2, -0.15) is 0 Å². The minimum absolute atomic E-state index is 0.0173. The molecule has 0 aliphatic heterocycles. The SMILES string of the molecule is Cc1ccc(C(C)C)c(OCC(=O)NNC2=CCCC2)c1. The van der Waals surface area contributed by atoms with Crippen LogP contribution in [0.5, 0.6) is 5.75 Å². The molecule has 1 amide bonds. The van der Waals surface area contributed by atoms with Crippen LogP contribution in [0.4, 0.5) is 0 Å². The van der Waals surface area contributed by atoms with Crippen molar-refractivity contribution in [2.24, 2.45) is 0 Å². The smallest absolute Gasteiger partial charge is 0.276 e. The third kappa shape index (κ3) is 4.52. The molecule has 0 saturated carbocycles. The maximum absolute atomic E-state index is 11.8. The Morgan fingerprint density at radius 1 is 1.38 bits per heavy atom. The first-order valence-corrected chi connectivity index (χ1v) is 7.53. The lowest BCUT2D eigenvalue weighted by molar-refractivity contribution is -0.123. The van der Waals surface area contributed by atoms with Crippen LogP contribution in [-0.4, -0.2) is 12.5 Å². The number of hydrazine groups is 1. The predicted octanol–water partition coefficient (Wildman–Crippen LogP) is 3.19. The summed E-state index contributed by atoms with van der Waals surface area (Å²) in [7, 11) is 0. The van der Waals surface area contributed by atoms with Crippen LogP contribution in [-0.2, 0) is 4.79 Å². The Morgan fingerprint density at radius 2 is 2.19 bits per heavy atom. The van der Waals surface area contributed by atoms with E-state index in [9.17, 15) is 4.79 Å². The molecular weight excluding hydrogens is 264 g/mol. The number of amides is 1. The van der Waals surface area contributed by atoms with Crippen molar-refractivity contribution in [1.29, 1.82) is 0 Å². The largest absolute Gasteiger partial charge is 0.483 e. The predicted molar refractivity (Wildman–Crippen MR) is 84.0 cm³/mol. The number of rotatable bonds is 6. The van der Waals surface area contributed by atoms with Crippen LogP contribution in [0.3, 0.4) is 0 Å². The summed E-state index contributed by atoms with van der Waals surface area (Å²) in [5.74, 6) is 0.990. The number of allylic oxidation sites excluding steroid dienone is 2. The van der Waals surface area contributed by atoms with Gasteiger partial charge in [-0.15, -0.1) is 0 Å². The topological polar surface area (TPSA) is 50.4 Å². The van der Waals surface area contributed by atoms with Gasteiger partial charge in [-0.25, -0.2) is 0 Å². The first kappa shape index (κ1) is 15.4. The summed E-state index contributed by atoms with van der Waals surface area (Å²) < 4.78 is 5.68. The van der Waals surface area contributed by atoms with Crippen LogP contribution < -0.4 is 15.6 Å². The average molecular weight is 288 g/mol. The molecule has 1 aromatic rings. The molecule has 2 N–H and O–H groups in total. The first-order valence-electron chi connectivity index (χ1n) is 7.53. The van der Waals surface area contributed by atoms with Crippen molar-refractivity contribution in [1.82, 2.24) is 10.9 Å². The fraction of sp³-hybridized carbons (Fsp3) is 0.471. The summed E-state index contributed by atoms with van der Waals surface area (Å²) in [5.41, 5.74) is 8.96. The van der Waals surface area contributed by atoms with Gasteiger partial charge in [0, 0.05) is 5.70 Å². The molecule has 1 aliphatic carbocycles. The molecule has 1 aromatic carbocycles. The Bertz CT molecular complexity index is 536. The molecule has 1 aliphatic rings. The monoisotopic (exact) mass is 288 g/mol. The van der Waals surface area contributed by atoms with Crippen molar-refractivity contribution in [2.45, 2.75) is 46.0 Å². The highest BCUT2D eigenvalue weighted by molar-refractivity contribution is 5.77. The van der Waals surface area contributed by atoms with E-state index in [2.05, 4.69) is 42.9 Å². The minimum atomic E-state index is -0.168. The van der Waals surface area contributed by atoms with Gasteiger partial charge in [0.15, 0.2) is 6.61 Å². The number of hydrogen-bond acceptors (Lipinski definition) is 3. The number of hydrogen-bond donors (Lipinski definition) is 2. The van der Waals surface area contributed by atoms with Crippen molar-refractivity contribution >= 4 is 5.91 Å². The summed E-state index contributed by atoms with van der Waals surface area (Å²) >= 11 is 0. The fourth-order valence-electron chi connectivity index (χ4n) is 2.36. The Balaban J connectivity index is 1.87. The van der Waals surface area contributed by atoms with Crippen molar-refractivity contribution < 1.29 is 9.53 Å². The normalized spacial score (nSPS) is 14.0. The van der Waals surface area contributed by atoms with Crippen LogP contribution in [0.1, 0.15) is 50.2 Å². The van der Waals surface area contributed by atoms with E-state index in [1.165, 1.54) is 0 Å². The van der Waals surface area contributed by atoms with Crippen molar-refractivity contribution in [2.75, 3.05) is 6.61 Å². The molecule has 4 nitrogen and oxygen atoms in total. The highest BCUT2D eigenvalue weighted by atomic mass is 16.5. The third-order valence-corrected chi connectivity index (χ3v) is 3.55. The van der Waals surface area contributed by atoms with Gasteiger partial charge in [0.1, 0.15) is 5.75 Å². The summed E-state index contributed by atoms with van der Waals surface area (Å²) in [5, 5.41) is 0. The number of carbonyl (C=O) groups is 1. The molecule has 0 radical (unpaired) electrons. The molecule has 0 atom stereocenters. The lowest BCUT2D eigenvalue weighted by Gasteiger charge is -2.15. The number of carbonyl (C=O) groups excluding carboxylic acids is 1. The Labute approximate surface area is 126 Å². The van der Waals surface area contributed by atoms with E-state index in [0.717, 1.165) is 41.8 Å². The van der Waals surface area contributed by atoms with Gasteiger partial charge in [0.25, 0.3) is 5.91 Å². The summed E-state index contributed by atoms with van der Waals surface area (Å²) in [6, 6.07) is 6.11. The summed E-state index contributed by atoms with van der Waals surface area (Å²) in [6.45, 7) is 6.27. The number of aryl methyl sites for hydroxylation is 1. The van der Waals surface area contributed by atoms with E-state index in [4.69, 9.17) is 4.74 Å². The van der Waals surface area contributed by atoms with Crippen molar-refractivity contribution in [3.8, 4) is 5.75 Å². The van der Waals surface area contributed by atoms with Gasteiger partial charge < -0.3 is 10.2 Å². The molecule has 0 unspecified atom stereocenters. The second-order valence-corrected chi connectivity index (χ2v) is 5.78. The first-order chi connectivity index (χ1) is 10.1. The van der Waals surface area contributed by atoms with Crippen molar-refractivity contribution in [3.63, 3.8) is 0 Å². The van der Waals surface area contributed by atoms with E-state index in [1.807, 2.05) is 13.0 Å². The molecule has 21 heavy (non-hydrogen) atoms. The molecule has 0 heterocycles. The molecule has 114 valence electrons. The van der Waals surface area contributed by atoms with Crippen LogP contribution in [0.2, 0.25) is 0 Å². The van der Waals surface area contributed by atoms with E-state index in [-0.39, 0.29) is 12.5 Å². The molecule has 2 rings (SSSR count).